The van der Waals surface area contributed by atoms with Crippen molar-refractivity contribution < 1.29 is 35.7 Å². The van der Waals surface area contributed by atoms with Crippen LogP contribution in [0.1, 0.15) is 38.3 Å². The van der Waals surface area contributed by atoms with Crippen LogP contribution < -0.4 is 15.4 Å². The zero-order chi connectivity index (χ0) is 26.7. The molecule has 7 nitrogen and oxygen atoms in total. The molecule has 0 aromatic heterocycles. The molecule has 11 heteroatoms. The molecule has 0 aliphatic heterocycles. The molecule has 0 bridgehead atoms. The molecule has 3 rings (SSSR count). The van der Waals surface area contributed by atoms with Crippen molar-refractivity contribution in [2.24, 2.45) is 0 Å². The third-order valence-electron chi connectivity index (χ3n) is 5.69. The maximum Gasteiger partial charge on any atom is 0.416 e. The van der Waals surface area contributed by atoms with Gasteiger partial charge in [-0.05, 0) is 59.9 Å². The average Bonchev–Trinajstić information content (AvgIpc) is 2.79. The summed E-state index contributed by atoms with van der Waals surface area (Å²) in [5, 5.41) is 4.79. The lowest BCUT2D eigenvalue weighted by atomic mass is 9.82. The smallest absolute Gasteiger partial charge is 0.416 e. The number of carbonyl (C=O) groups is 1. The number of amides is 2. The molecule has 2 amide bonds. The minimum atomic E-state index is -4.76. The summed E-state index contributed by atoms with van der Waals surface area (Å²) in [4.78, 5) is 11.9. The normalized spacial score (nSPS) is 12.2. The van der Waals surface area contributed by atoms with E-state index < -0.39 is 38.2 Å². The van der Waals surface area contributed by atoms with Crippen molar-refractivity contribution in [3.8, 4) is 11.5 Å². The predicted octanol–water partition coefficient (Wildman–Crippen LogP) is 7.08. The minimum absolute atomic E-state index is 0.265. The zero-order valence-corrected chi connectivity index (χ0v) is 20.5. The van der Waals surface area contributed by atoms with Gasteiger partial charge in [-0.1, -0.05) is 45.0 Å². The van der Waals surface area contributed by atoms with Gasteiger partial charge in [0.25, 0.3) is 10.1 Å². The van der Waals surface area contributed by atoms with E-state index >= 15 is 0 Å². The van der Waals surface area contributed by atoms with Gasteiger partial charge in [-0.25, -0.2) is 4.79 Å². The second-order valence-electron chi connectivity index (χ2n) is 8.63. The van der Waals surface area contributed by atoms with Crippen molar-refractivity contribution in [1.82, 2.24) is 0 Å². The van der Waals surface area contributed by atoms with Gasteiger partial charge >= 0.3 is 12.2 Å². The number of carbonyl (C=O) groups excluding carboxylic acids is 1. The number of alkyl halides is 3. The van der Waals surface area contributed by atoms with E-state index in [1.807, 2.05) is 20.8 Å². The van der Waals surface area contributed by atoms with Gasteiger partial charge in [0.2, 0.25) is 0 Å². The van der Waals surface area contributed by atoms with E-state index in [2.05, 4.69) is 10.6 Å². The maximum absolute atomic E-state index is 13.3. The van der Waals surface area contributed by atoms with E-state index in [9.17, 15) is 30.9 Å². The molecule has 0 unspecified atom stereocenters. The van der Waals surface area contributed by atoms with Crippen LogP contribution >= 0.6 is 0 Å². The van der Waals surface area contributed by atoms with E-state index in [-0.39, 0.29) is 17.2 Å². The van der Waals surface area contributed by atoms with Crippen LogP contribution in [0.5, 0.6) is 11.5 Å². The Morgan fingerprint density at radius 2 is 1.53 bits per heavy atom. The Labute approximate surface area is 207 Å². The van der Waals surface area contributed by atoms with Gasteiger partial charge in [-0.2, -0.15) is 21.6 Å². The van der Waals surface area contributed by atoms with E-state index in [4.69, 9.17) is 4.74 Å². The van der Waals surface area contributed by atoms with Crippen LogP contribution in [0.4, 0.5) is 29.3 Å². The van der Waals surface area contributed by atoms with Crippen molar-refractivity contribution in [3.63, 3.8) is 0 Å². The summed E-state index contributed by atoms with van der Waals surface area (Å²) in [6, 6.07) is 13.9. The molecule has 3 aromatic carbocycles. The monoisotopic (exact) mass is 522 g/mol. The highest BCUT2D eigenvalue weighted by Gasteiger charge is 2.32. The molecule has 0 heterocycles. The third kappa shape index (κ3) is 6.55. The van der Waals surface area contributed by atoms with Crippen LogP contribution in [-0.2, 0) is 21.7 Å². The predicted molar refractivity (Wildman–Crippen MR) is 130 cm³/mol. The van der Waals surface area contributed by atoms with Crippen LogP contribution in [0.2, 0.25) is 0 Å². The number of halogens is 3. The first-order chi connectivity index (χ1) is 16.7. The van der Waals surface area contributed by atoms with E-state index in [1.54, 1.807) is 36.4 Å². The average molecular weight is 523 g/mol. The van der Waals surface area contributed by atoms with E-state index in [0.29, 0.717) is 23.7 Å². The maximum atomic E-state index is 13.3. The van der Waals surface area contributed by atoms with Crippen molar-refractivity contribution in [3.05, 3.63) is 77.9 Å². The van der Waals surface area contributed by atoms with Gasteiger partial charge in [0.15, 0.2) is 5.75 Å². The molecule has 0 spiro atoms. The Morgan fingerprint density at radius 3 is 2.11 bits per heavy atom. The quantitative estimate of drug-likeness (QED) is 0.288. The molecule has 0 saturated heterocycles. The summed E-state index contributed by atoms with van der Waals surface area (Å²) in [5.74, 6) is -0.585. The van der Waals surface area contributed by atoms with Crippen LogP contribution in [0.25, 0.3) is 0 Å². The zero-order valence-electron chi connectivity index (χ0n) is 19.7. The SMILES string of the molecule is CCC(C)(C)c1ccc(Oc2ccc(C(F)(F)F)cc2NC(=O)Nc2ccccc2)c(S(=O)(=O)O)c1. The number of para-hydroxylation sites is 1. The lowest BCUT2D eigenvalue weighted by Crippen LogP contribution is -2.20. The van der Waals surface area contributed by atoms with Crippen molar-refractivity contribution >= 4 is 27.5 Å². The summed E-state index contributed by atoms with van der Waals surface area (Å²) in [6.45, 7) is 5.69. The standard InChI is InChI=1S/C25H25F3N2O5S/c1-4-24(2,3)16-10-13-21(22(15-16)36(32,33)34)35-20-12-11-17(25(26,27)28)14-19(20)30-23(31)29-18-8-6-5-7-9-18/h5-15H,4H2,1-3H3,(H2,29,30,31)(H,32,33,34). The van der Waals surface area contributed by atoms with Crippen LogP contribution in [0.3, 0.4) is 0 Å². The van der Waals surface area contributed by atoms with Gasteiger partial charge in [0, 0.05) is 5.69 Å². The van der Waals surface area contributed by atoms with Crippen LogP contribution in [0.15, 0.2) is 71.6 Å². The molecule has 0 aliphatic rings. The van der Waals surface area contributed by atoms with Crippen LogP contribution in [0, 0.1) is 0 Å². The highest BCUT2D eigenvalue weighted by atomic mass is 32.2. The molecule has 0 atom stereocenters. The van der Waals surface area contributed by atoms with Crippen molar-refractivity contribution in [2.45, 2.75) is 43.7 Å². The molecule has 3 N–H and O–H groups in total. The number of hydrogen-bond acceptors (Lipinski definition) is 4. The van der Waals surface area contributed by atoms with Crippen molar-refractivity contribution in [1.29, 1.82) is 0 Å². The fraction of sp³-hybridized carbons (Fsp3) is 0.240. The lowest BCUT2D eigenvalue weighted by molar-refractivity contribution is -0.137. The van der Waals surface area contributed by atoms with Gasteiger partial charge in [-0.3, -0.25) is 4.55 Å². The number of benzene rings is 3. The fourth-order valence-corrected chi connectivity index (χ4v) is 3.88. The first-order valence-corrected chi connectivity index (χ1v) is 12.3. The number of anilines is 2. The summed E-state index contributed by atoms with van der Waals surface area (Å²) >= 11 is 0. The third-order valence-corrected chi connectivity index (χ3v) is 6.57. The number of ether oxygens (including phenoxy) is 1. The molecule has 3 aromatic rings. The second kappa shape index (κ2) is 10.2. The van der Waals surface area contributed by atoms with Crippen molar-refractivity contribution in [2.75, 3.05) is 10.6 Å². The summed E-state index contributed by atoms with van der Waals surface area (Å²) in [5.41, 5.74) is -0.836. The highest BCUT2D eigenvalue weighted by Crippen LogP contribution is 2.40. The first-order valence-electron chi connectivity index (χ1n) is 10.8. The number of hydrogen-bond donors (Lipinski definition) is 3. The molecule has 0 fully saturated rings. The van der Waals surface area contributed by atoms with E-state index in [1.165, 1.54) is 12.1 Å². The summed E-state index contributed by atoms with van der Waals surface area (Å²) in [6.07, 6.45) is -4.04. The summed E-state index contributed by atoms with van der Waals surface area (Å²) < 4.78 is 79.7. The fourth-order valence-electron chi connectivity index (χ4n) is 3.24. The Hall–Kier alpha value is -3.57. The Kier molecular flexibility index (Phi) is 7.65. The van der Waals surface area contributed by atoms with Gasteiger partial charge in [-0.15, -0.1) is 0 Å². The number of rotatable bonds is 7. The summed E-state index contributed by atoms with van der Waals surface area (Å²) in [7, 11) is -4.76. The largest absolute Gasteiger partial charge is 0.454 e. The minimum Gasteiger partial charge on any atom is -0.454 e. The Morgan fingerprint density at radius 1 is 0.917 bits per heavy atom. The Bertz CT molecular complexity index is 1360. The molecule has 192 valence electrons. The number of nitrogens with one attached hydrogen (secondary N) is 2. The lowest BCUT2D eigenvalue weighted by Gasteiger charge is -2.24. The molecule has 0 aliphatic carbocycles. The molecular formula is C25H25F3N2O5S. The molecule has 36 heavy (non-hydrogen) atoms. The molecular weight excluding hydrogens is 497 g/mol. The Balaban J connectivity index is 2.03. The molecule has 0 saturated carbocycles. The highest BCUT2D eigenvalue weighted by molar-refractivity contribution is 7.86. The number of urea groups is 1. The second-order valence-corrected chi connectivity index (χ2v) is 10.0. The topological polar surface area (TPSA) is 105 Å². The van der Waals surface area contributed by atoms with Crippen LogP contribution in [-0.4, -0.2) is 19.0 Å². The first kappa shape index (κ1) is 27.0. The van der Waals surface area contributed by atoms with Gasteiger partial charge < -0.3 is 15.4 Å². The van der Waals surface area contributed by atoms with E-state index in [0.717, 1.165) is 12.1 Å². The van der Waals surface area contributed by atoms with Gasteiger partial charge in [0.05, 0.1) is 11.3 Å². The molecule has 0 radical (unpaired) electrons. The van der Waals surface area contributed by atoms with Gasteiger partial charge in [0.1, 0.15) is 10.6 Å².